The van der Waals surface area contributed by atoms with Gasteiger partial charge in [0.2, 0.25) is 5.91 Å². The maximum absolute atomic E-state index is 12.1. The molecule has 1 N–H and O–H groups in total. The van der Waals surface area contributed by atoms with Gasteiger partial charge in [0.1, 0.15) is 0 Å². The highest BCUT2D eigenvalue weighted by molar-refractivity contribution is 6.35. The van der Waals surface area contributed by atoms with Gasteiger partial charge in [-0.25, -0.2) is 0 Å². The van der Waals surface area contributed by atoms with Crippen molar-refractivity contribution in [1.82, 2.24) is 5.32 Å². The molecule has 4 nitrogen and oxygen atoms in total. The molecule has 2 rings (SSSR count). The Kier molecular flexibility index (Phi) is 8.92. The van der Waals surface area contributed by atoms with Crippen molar-refractivity contribution < 1.29 is 14.3 Å². The van der Waals surface area contributed by atoms with Crippen LogP contribution < -0.4 is 5.32 Å². The zero-order valence-electron chi connectivity index (χ0n) is 14.8. The summed E-state index contributed by atoms with van der Waals surface area (Å²) in [5, 5.41) is 3.96. The van der Waals surface area contributed by atoms with Crippen LogP contribution in [0.3, 0.4) is 0 Å². The van der Waals surface area contributed by atoms with Gasteiger partial charge in [0.25, 0.3) is 0 Å². The third-order valence-electron chi connectivity index (χ3n) is 3.69. The molecule has 0 saturated heterocycles. The third-order valence-corrected chi connectivity index (χ3v) is 4.28. The molecule has 0 spiro atoms. The highest BCUT2D eigenvalue weighted by atomic mass is 35.5. The Morgan fingerprint density at radius 1 is 1.04 bits per heavy atom. The van der Waals surface area contributed by atoms with Crippen LogP contribution in [0.25, 0.3) is 0 Å². The van der Waals surface area contributed by atoms with Gasteiger partial charge in [0.15, 0.2) is 0 Å². The van der Waals surface area contributed by atoms with Crippen LogP contribution in [0.2, 0.25) is 10.0 Å². The van der Waals surface area contributed by atoms with E-state index in [-0.39, 0.29) is 12.3 Å². The zero-order chi connectivity index (χ0) is 18.8. The van der Waals surface area contributed by atoms with Crippen LogP contribution >= 0.6 is 23.2 Å². The molecular formula is C20H23Cl2NO3. The van der Waals surface area contributed by atoms with Gasteiger partial charge >= 0.3 is 0 Å². The Bertz CT molecular complexity index is 722. The lowest BCUT2D eigenvalue weighted by molar-refractivity contribution is -0.120. The summed E-state index contributed by atoms with van der Waals surface area (Å²) in [4.78, 5) is 12.1. The van der Waals surface area contributed by atoms with E-state index in [0.29, 0.717) is 43.0 Å². The van der Waals surface area contributed by atoms with Crippen LogP contribution in [0.4, 0.5) is 0 Å². The lowest BCUT2D eigenvalue weighted by atomic mass is 10.1. The Hall–Kier alpha value is -1.59. The molecule has 0 bridgehead atoms. The normalized spacial score (nSPS) is 10.7. The minimum absolute atomic E-state index is 0.0902. The first-order chi connectivity index (χ1) is 12.6. The van der Waals surface area contributed by atoms with Crippen molar-refractivity contribution >= 4 is 29.1 Å². The average Bonchev–Trinajstić information content (AvgIpc) is 2.63. The predicted octanol–water partition coefficient (Wildman–Crippen LogP) is 4.41. The highest BCUT2D eigenvalue weighted by Gasteiger charge is 2.08. The van der Waals surface area contributed by atoms with E-state index in [4.69, 9.17) is 32.7 Å². The molecule has 0 saturated carbocycles. The summed E-state index contributed by atoms with van der Waals surface area (Å²) in [6.45, 7) is 4.79. The molecule has 0 atom stereocenters. The number of nitrogens with one attached hydrogen (secondary N) is 1. The number of halogens is 2. The third kappa shape index (κ3) is 7.34. The van der Waals surface area contributed by atoms with Crippen LogP contribution in [-0.4, -0.2) is 25.7 Å². The van der Waals surface area contributed by atoms with Crippen molar-refractivity contribution in [1.29, 1.82) is 0 Å². The van der Waals surface area contributed by atoms with Crippen LogP contribution in [0.5, 0.6) is 0 Å². The van der Waals surface area contributed by atoms with Crippen molar-refractivity contribution in [2.75, 3.05) is 19.8 Å². The molecule has 0 aliphatic carbocycles. The molecule has 0 radical (unpaired) electrons. The fraction of sp³-hybridized carbons (Fsp3) is 0.350. The van der Waals surface area contributed by atoms with Crippen LogP contribution in [0.15, 0.2) is 42.5 Å². The second kappa shape index (κ2) is 11.2. The van der Waals surface area contributed by atoms with E-state index >= 15 is 0 Å². The number of benzene rings is 2. The number of hydrogen-bond acceptors (Lipinski definition) is 3. The van der Waals surface area contributed by atoms with Gasteiger partial charge in [-0.15, -0.1) is 0 Å². The first-order valence-corrected chi connectivity index (χ1v) is 9.28. The molecule has 0 aliphatic heterocycles. The fourth-order valence-electron chi connectivity index (χ4n) is 2.38. The Morgan fingerprint density at radius 2 is 1.81 bits per heavy atom. The summed E-state index contributed by atoms with van der Waals surface area (Å²) in [6.07, 6.45) is 0.218. The summed E-state index contributed by atoms with van der Waals surface area (Å²) in [7, 11) is 0. The van der Waals surface area contributed by atoms with E-state index in [1.807, 2.05) is 31.2 Å². The topological polar surface area (TPSA) is 47.6 Å². The van der Waals surface area contributed by atoms with Gasteiger partial charge < -0.3 is 14.8 Å². The first-order valence-electron chi connectivity index (χ1n) is 8.52. The van der Waals surface area contributed by atoms with Gasteiger partial charge in [-0.2, -0.15) is 0 Å². The maximum Gasteiger partial charge on any atom is 0.224 e. The maximum atomic E-state index is 12.1. The molecule has 140 valence electrons. The second-order valence-corrected chi connectivity index (χ2v) is 6.60. The summed E-state index contributed by atoms with van der Waals surface area (Å²) >= 11 is 12.0. The highest BCUT2D eigenvalue weighted by Crippen LogP contribution is 2.21. The van der Waals surface area contributed by atoms with Crippen LogP contribution in [0.1, 0.15) is 23.6 Å². The van der Waals surface area contributed by atoms with E-state index in [2.05, 4.69) is 5.32 Å². The van der Waals surface area contributed by atoms with Gasteiger partial charge in [0.05, 0.1) is 26.2 Å². The van der Waals surface area contributed by atoms with Crippen molar-refractivity contribution in [2.24, 2.45) is 0 Å². The first kappa shape index (κ1) is 20.7. The van der Waals surface area contributed by atoms with Gasteiger partial charge in [-0.05, 0) is 35.7 Å². The minimum atomic E-state index is -0.0902. The number of ether oxygens (including phenoxy) is 2. The number of amides is 1. The quantitative estimate of drug-likeness (QED) is 0.606. The Morgan fingerprint density at radius 3 is 2.58 bits per heavy atom. The smallest absolute Gasteiger partial charge is 0.224 e. The lowest BCUT2D eigenvalue weighted by Gasteiger charge is -2.09. The minimum Gasteiger partial charge on any atom is -0.379 e. The van der Waals surface area contributed by atoms with Gasteiger partial charge in [-0.1, -0.05) is 53.5 Å². The summed E-state index contributed by atoms with van der Waals surface area (Å²) in [5.74, 6) is -0.0902. The molecule has 0 unspecified atom stereocenters. The summed E-state index contributed by atoms with van der Waals surface area (Å²) in [5.41, 5.74) is 2.84. The molecule has 0 aliphatic rings. The Labute approximate surface area is 164 Å². The fourth-order valence-corrected chi connectivity index (χ4v) is 2.86. The molecule has 2 aromatic carbocycles. The average molecular weight is 396 g/mol. The lowest BCUT2D eigenvalue weighted by Crippen LogP contribution is -2.24. The van der Waals surface area contributed by atoms with Crippen molar-refractivity contribution in [3.63, 3.8) is 0 Å². The molecule has 1 amide bonds. The monoisotopic (exact) mass is 395 g/mol. The van der Waals surface area contributed by atoms with E-state index in [9.17, 15) is 4.79 Å². The van der Waals surface area contributed by atoms with Crippen molar-refractivity contribution in [2.45, 2.75) is 26.5 Å². The second-order valence-electron chi connectivity index (χ2n) is 5.76. The SMILES string of the molecule is CCOCCOCc1cccc(CNC(=O)Cc2ccc(Cl)cc2Cl)c1. The molecule has 6 heteroatoms. The van der Waals surface area contributed by atoms with Crippen LogP contribution in [0, 0.1) is 0 Å². The molecule has 26 heavy (non-hydrogen) atoms. The van der Waals surface area contributed by atoms with E-state index < -0.39 is 0 Å². The molecule has 0 aromatic heterocycles. The summed E-state index contributed by atoms with van der Waals surface area (Å²) in [6, 6.07) is 13.1. The van der Waals surface area contributed by atoms with E-state index in [0.717, 1.165) is 16.7 Å². The Balaban J connectivity index is 1.79. The number of hydrogen-bond donors (Lipinski definition) is 1. The van der Waals surface area contributed by atoms with Gasteiger partial charge in [0, 0.05) is 23.2 Å². The molecular weight excluding hydrogens is 373 g/mol. The van der Waals surface area contributed by atoms with Crippen molar-refractivity contribution in [3.05, 3.63) is 69.2 Å². The number of carbonyl (C=O) groups excluding carboxylic acids is 1. The molecule has 0 heterocycles. The van der Waals surface area contributed by atoms with Gasteiger partial charge in [-0.3, -0.25) is 4.79 Å². The largest absolute Gasteiger partial charge is 0.379 e. The predicted molar refractivity (Wildman–Crippen MR) is 105 cm³/mol. The molecule has 0 fully saturated rings. The van der Waals surface area contributed by atoms with E-state index in [1.165, 1.54) is 0 Å². The van der Waals surface area contributed by atoms with E-state index in [1.54, 1.807) is 18.2 Å². The molecule has 2 aromatic rings. The van der Waals surface area contributed by atoms with Crippen molar-refractivity contribution in [3.8, 4) is 0 Å². The zero-order valence-corrected chi connectivity index (χ0v) is 16.3. The standard InChI is InChI=1S/C20H23Cl2NO3/c1-2-25-8-9-26-14-16-5-3-4-15(10-16)13-23-20(24)11-17-6-7-18(21)12-19(17)22/h3-7,10,12H,2,8-9,11,13-14H2,1H3,(H,23,24). The summed E-state index contributed by atoms with van der Waals surface area (Å²) < 4.78 is 10.8. The van der Waals surface area contributed by atoms with Crippen LogP contribution in [-0.2, 0) is 33.8 Å². The number of carbonyl (C=O) groups is 1. The number of rotatable bonds is 10.